The van der Waals surface area contributed by atoms with Gasteiger partial charge in [0.15, 0.2) is 0 Å². The third kappa shape index (κ3) is 2.22. The summed E-state index contributed by atoms with van der Waals surface area (Å²) in [5.41, 5.74) is 0. The molecule has 0 aromatic rings. The largest absolute Gasteiger partial charge is 0.284 e. The summed E-state index contributed by atoms with van der Waals surface area (Å²) >= 11 is 0. The maximum atomic E-state index is 8.71. The minimum atomic E-state index is -0.0363. The van der Waals surface area contributed by atoms with Crippen molar-refractivity contribution >= 4 is 0 Å². The monoisotopic (exact) mass is 163 g/mol. The van der Waals surface area contributed by atoms with Crippen LogP contribution in [0.15, 0.2) is 0 Å². The third-order valence-corrected chi connectivity index (χ3v) is 2.18. The van der Waals surface area contributed by atoms with Crippen LogP contribution in [-0.2, 0) is 0 Å². The Bertz CT molecular complexity index is 219. The summed E-state index contributed by atoms with van der Waals surface area (Å²) in [5.74, 6) is 0. The molecule has 0 bridgehead atoms. The average molecular weight is 163 g/mol. The maximum Gasteiger partial charge on any atom is 0.0952 e. The fourth-order valence-electron chi connectivity index (χ4n) is 1.35. The minimum absolute atomic E-state index is 0.0363. The summed E-state index contributed by atoms with van der Waals surface area (Å²) in [6, 6.07) is 4.86. The van der Waals surface area contributed by atoms with Crippen LogP contribution in [0.5, 0.6) is 0 Å². The molecular formula is C9H13N3. The Balaban J connectivity index is 2.39. The van der Waals surface area contributed by atoms with Crippen molar-refractivity contribution in [1.82, 2.24) is 4.90 Å². The third-order valence-electron chi connectivity index (χ3n) is 2.18. The normalized spacial score (nSPS) is 18.3. The van der Waals surface area contributed by atoms with Crippen molar-refractivity contribution in [3.05, 3.63) is 0 Å². The molecule has 1 aliphatic rings. The molecule has 1 fully saturated rings. The van der Waals surface area contributed by atoms with E-state index in [9.17, 15) is 0 Å². The highest BCUT2D eigenvalue weighted by Crippen LogP contribution is 2.28. The predicted octanol–water partition coefficient (Wildman–Crippen LogP) is 1.28. The van der Waals surface area contributed by atoms with E-state index < -0.39 is 0 Å². The Hall–Kier alpha value is -1.06. The zero-order valence-corrected chi connectivity index (χ0v) is 7.32. The fraction of sp³-hybridized carbons (Fsp3) is 0.778. The second kappa shape index (κ2) is 4.09. The first kappa shape index (κ1) is 9.03. The van der Waals surface area contributed by atoms with Crippen molar-refractivity contribution < 1.29 is 0 Å². The van der Waals surface area contributed by atoms with Gasteiger partial charge in [-0.1, -0.05) is 0 Å². The zero-order chi connectivity index (χ0) is 8.97. The number of hydrogen-bond acceptors (Lipinski definition) is 3. The quantitative estimate of drug-likeness (QED) is 0.627. The van der Waals surface area contributed by atoms with Crippen molar-refractivity contribution in [2.45, 2.75) is 38.3 Å². The Labute approximate surface area is 73.2 Å². The van der Waals surface area contributed by atoms with Crippen LogP contribution >= 0.6 is 0 Å². The fourth-order valence-corrected chi connectivity index (χ4v) is 1.35. The smallest absolute Gasteiger partial charge is 0.0952 e. The molecule has 0 amide bonds. The molecule has 1 unspecified atom stereocenters. The summed E-state index contributed by atoms with van der Waals surface area (Å²) in [5, 5.41) is 17.1. The van der Waals surface area contributed by atoms with Crippen LogP contribution in [0.4, 0.5) is 0 Å². The Morgan fingerprint density at radius 2 is 2.17 bits per heavy atom. The van der Waals surface area contributed by atoms with E-state index in [0.29, 0.717) is 12.5 Å². The first-order chi connectivity index (χ1) is 5.79. The molecule has 0 saturated heterocycles. The lowest BCUT2D eigenvalue weighted by Gasteiger charge is -2.22. The lowest BCUT2D eigenvalue weighted by molar-refractivity contribution is 0.241. The summed E-state index contributed by atoms with van der Waals surface area (Å²) in [7, 11) is 0. The average Bonchev–Trinajstić information content (AvgIpc) is 2.88. The number of nitriles is 2. The molecule has 1 rings (SSSR count). The van der Waals surface area contributed by atoms with Crippen LogP contribution in [-0.4, -0.2) is 23.5 Å². The van der Waals surface area contributed by atoms with E-state index in [4.69, 9.17) is 10.5 Å². The van der Waals surface area contributed by atoms with E-state index in [1.54, 1.807) is 0 Å². The van der Waals surface area contributed by atoms with Gasteiger partial charge in [-0.3, -0.25) is 4.90 Å². The minimum Gasteiger partial charge on any atom is -0.284 e. The van der Waals surface area contributed by atoms with E-state index in [0.717, 1.165) is 6.54 Å². The SMILES string of the molecule is CC(C#N)N(CCC#N)C1CC1. The second-order valence-corrected chi connectivity index (χ2v) is 3.18. The first-order valence-electron chi connectivity index (χ1n) is 4.32. The van der Waals surface area contributed by atoms with Crippen LogP contribution in [0, 0.1) is 22.7 Å². The molecule has 0 aliphatic heterocycles. The van der Waals surface area contributed by atoms with Gasteiger partial charge >= 0.3 is 0 Å². The number of hydrogen-bond donors (Lipinski definition) is 0. The molecule has 0 aromatic heterocycles. The van der Waals surface area contributed by atoms with E-state index in [1.807, 2.05) is 6.92 Å². The van der Waals surface area contributed by atoms with Crippen LogP contribution in [0.3, 0.4) is 0 Å². The highest BCUT2D eigenvalue weighted by atomic mass is 15.2. The first-order valence-corrected chi connectivity index (χ1v) is 4.32. The molecule has 0 radical (unpaired) electrons. The summed E-state index contributed by atoms with van der Waals surface area (Å²) in [6.07, 6.45) is 2.91. The number of nitrogens with zero attached hydrogens (tertiary/aromatic N) is 3. The van der Waals surface area contributed by atoms with Gasteiger partial charge in [-0.25, -0.2) is 0 Å². The molecular weight excluding hydrogens is 150 g/mol. The lowest BCUT2D eigenvalue weighted by atomic mass is 10.3. The van der Waals surface area contributed by atoms with E-state index in [2.05, 4.69) is 17.0 Å². The molecule has 3 heteroatoms. The van der Waals surface area contributed by atoms with Gasteiger partial charge < -0.3 is 0 Å². The molecule has 1 aliphatic carbocycles. The summed E-state index contributed by atoms with van der Waals surface area (Å²) < 4.78 is 0. The molecule has 0 heterocycles. The van der Waals surface area contributed by atoms with Crippen molar-refractivity contribution in [3.63, 3.8) is 0 Å². The van der Waals surface area contributed by atoms with Crippen LogP contribution < -0.4 is 0 Å². The topological polar surface area (TPSA) is 50.8 Å². The Morgan fingerprint density at radius 3 is 2.58 bits per heavy atom. The highest BCUT2D eigenvalue weighted by Gasteiger charge is 2.31. The van der Waals surface area contributed by atoms with Crippen LogP contribution in [0.2, 0.25) is 0 Å². The standard InChI is InChI=1S/C9H13N3/c1-8(7-11)12(6-2-5-10)9-3-4-9/h8-9H,2-4,6H2,1H3. The molecule has 0 aromatic carbocycles. The summed E-state index contributed by atoms with van der Waals surface area (Å²) in [4.78, 5) is 2.13. The lowest BCUT2D eigenvalue weighted by Crippen LogP contribution is -2.34. The van der Waals surface area contributed by atoms with Gasteiger partial charge in [0.1, 0.15) is 0 Å². The predicted molar refractivity (Wildman–Crippen MR) is 45.0 cm³/mol. The maximum absolute atomic E-state index is 8.71. The molecule has 64 valence electrons. The van der Waals surface area contributed by atoms with Crippen molar-refractivity contribution in [2.75, 3.05) is 6.54 Å². The van der Waals surface area contributed by atoms with E-state index in [-0.39, 0.29) is 6.04 Å². The van der Waals surface area contributed by atoms with Crippen molar-refractivity contribution in [1.29, 1.82) is 10.5 Å². The zero-order valence-electron chi connectivity index (χ0n) is 7.32. The summed E-state index contributed by atoms with van der Waals surface area (Å²) in [6.45, 7) is 2.64. The van der Waals surface area contributed by atoms with Crippen molar-refractivity contribution in [3.8, 4) is 12.1 Å². The van der Waals surface area contributed by atoms with Gasteiger partial charge in [-0.15, -0.1) is 0 Å². The van der Waals surface area contributed by atoms with Crippen LogP contribution in [0.25, 0.3) is 0 Å². The Morgan fingerprint density at radius 1 is 1.50 bits per heavy atom. The van der Waals surface area contributed by atoms with Gasteiger partial charge in [0, 0.05) is 19.0 Å². The van der Waals surface area contributed by atoms with Gasteiger partial charge in [0.25, 0.3) is 0 Å². The van der Waals surface area contributed by atoms with Crippen LogP contribution in [0.1, 0.15) is 26.2 Å². The van der Waals surface area contributed by atoms with Gasteiger partial charge in [0.2, 0.25) is 0 Å². The Kier molecular flexibility index (Phi) is 3.08. The second-order valence-electron chi connectivity index (χ2n) is 3.18. The molecule has 1 atom stereocenters. The van der Waals surface area contributed by atoms with Gasteiger partial charge in [0.05, 0.1) is 18.2 Å². The highest BCUT2D eigenvalue weighted by molar-refractivity contribution is 4.96. The van der Waals surface area contributed by atoms with E-state index >= 15 is 0 Å². The molecule has 1 saturated carbocycles. The molecule has 0 spiro atoms. The number of rotatable bonds is 4. The molecule has 12 heavy (non-hydrogen) atoms. The van der Waals surface area contributed by atoms with Crippen molar-refractivity contribution in [2.24, 2.45) is 0 Å². The van der Waals surface area contributed by atoms with E-state index in [1.165, 1.54) is 12.8 Å². The van der Waals surface area contributed by atoms with Gasteiger partial charge in [-0.2, -0.15) is 10.5 Å². The van der Waals surface area contributed by atoms with Gasteiger partial charge in [-0.05, 0) is 19.8 Å². The molecule has 3 nitrogen and oxygen atoms in total. The molecule has 0 N–H and O–H groups in total.